The van der Waals surface area contributed by atoms with Gasteiger partial charge in [-0.2, -0.15) is 5.26 Å². The highest BCUT2D eigenvalue weighted by atomic mass is 19.1. The van der Waals surface area contributed by atoms with Crippen molar-refractivity contribution in [1.29, 1.82) is 5.26 Å². The zero-order valence-corrected chi connectivity index (χ0v) is 15.3. The van der Waals surface area contributed by atoms with Crippen LogP contribution in [0.2, 0.25) is 0 Å². The lowest BCUT2D eigenvalue weighted by Gasteiger charge is -2.08. The Labute approximate surface area is 165 Å². The molecule has 3 aromatic rings. The summed E-state index contributed by atoms with van der Waals surface area (Å²) in [6.45, 7) is 0. The monoisotopic (exact) mass is 390 g/mol. The van der Waals surface area contributed by atoms with Crippen LogP contribution in [0.1, 0.15) is 16.1 Å². The van der Waals surface area contributed by atoms with E-state index in [-0.39, 0.29) is 28.4 Å². The Morgan fingerprint density at radius 2 is 1.83 bits per heavy atom. The van der Waals surface area contributed by atoms with Crippen molar-refractivity contribution in [2.75, 3.05) is 12.4 Å². The second kappa shape index (κ2) is 8.67. The molecule has 6 nitrogen and oxygen atoms in total. The lowest BCUT2D eigenvalue weighted by Crippen LogP contribution is -2.16. The third-order valence-corrected chi connectivity index (χ3v) is 3.99. The van der Waals surface area contributed by atoms with Crippen LogP contribution in [0.15, 0.2) is 70.7 Å². The molecule has 0 fully saturated rings. The first-order valence-electron chi connectivity index (χ1n) is 8.48. The van der Waals surface area contributed by atoms with Crippen LogP contribution >= 0.6 is 0 Å². The number of hydrogen-bond acceptors (Lipinski definition) is 5. The molecule has 0 saturated heterocycles. The van der Waals surface area contributed by atoms with E-state index in [4.69, 9.17) is 4.42 Å². The van der Waals surface area contributed by atoms with Crippen molar-refractivity contribution in [1.82, 2.24) is 0 Å². The summed E-state index contributed by atoms with van der Waals surface area (Å²) in [4.78, 5) is 24.3. The third-order valence-electron chi connectivity index (χ3n) is 3.99. The van der Waals surface area contributed by atoms with Crippen molar-refractivity contribution in [2.45, 2.75) is 0 Å². The molecule has 29 heavy (non-hydrogen) atoms. The molecule has 1 heterocycles. The topological polar surface area (TPSA) is 92.3 Å². The number of methoxy groups -OCH3 is 1. The van der Waals surface area contributed by atoms with Crippen LogP contribution in [0.25, 0.3) is 17.4 Å². The summed E-state index contributed by atoms with van der Waals surface area (Å²) in [5, 5.41) is 11.9. The fraction of sp³-hybridized carbons (Fsp3) is 0.0455. The number of nitrogens with one attached hydrogen (secondary N) is 1. The molecule has 0 bridgehead atoms. The number of para-hydroxylation sites is 1. The minimum atomic E-state index is -0.705. The molecule has 1 aromatic heterocycles. The van der Waals surface area contributed by atoms with E-state index in [0.717, 1.165) is 0 Å². The van der Waals surface area contributed by atoms with Crippen molar-refractivity contribution >= 4 is 23.6 Å². The van der Waals surface area contributed by atoms with Crippen molar-refractivity contribution in [3.63, 3.8) is 0 Å². The van der Waals surface area contributed by atoms with Gasteiger partial charge in [0.05, 0.1) is 18.4 Å². The van der Waals surface area contributed by atoms with E-state index in [1.165, 1.54) is 37.5 Å². The van der Waals surface area contributed by atoms with Gasteiger partial charge in [-0.15, -0.1) is 0 Å². The SMILES string of the molecule is COC(=O)c1ccccc1NC(=O)C(C#N)=Cc1ccc(-c2ccc(F)cc2)o1. The first kappa shape index (κ1) is 19.6. The molecule has 1 amide bonds. The molecule has 0 saturated carbocycles. The quantitative estimate of drug-likeness (QED) is 0.396. The number of halogens is 1. The summed E-state index contributed by atoms with van der Waals surface area (Å²) in [7, 11) is 1.23. The lowest BCUT2D eigenvalue weighted by atomic mass is 10.1. The molecular formula is C22H15FN2O4. The standard InChI is InChI=1S/C22H15FN2O4/c1-28-22(27)18-4-2-3-5-19(18)25-21(26)15(13-24)12-17-10-11-20(29-17)14-6-8-16(23)9-7-14/h2-12H,1H3,(H,25,26). The predicted molar refractivity (Wildman–Crippen MR) is 104 cm³/mol. The number of carbonyl (C=O) groups is 2. The molecule has 0 radical (unpaired) electrons. The van der Waals surface area contributed by atoms with E-state index >= 15 is 0 Å². The fourth-order valence-electron chi connectivity index (χ4n) is 2.56. The van der Waals surface area contributed by atoms with Crippen molar-refractivity contribution < 1.29 is 23.1 Å². The molecule has 3 rings (SSSR count). The average Bonchev–Trinajstić information content (AvgIpc) is 3.21. The summed E-state index contributed by atoms with van der Waals surface area (Å²) in [5.41, 5.74) is 0.819. The maximum Gasteiger partial charge on any atom is 0.339 e. The molecule has 0 aliphatic heterocycles. The number of esters is 1. The zero-order valence-electron chi connectivity index (χ0n) is 15.3. The largest absolute Gasteiger partial charge is 0.465 e. The molecule has 0 aliphatic rings. The zero-order chi connectivity index (χ0) is 20.8. The van der Waals surface area contributed by atoms with Gasteiger partial charge in [0.25, 0.3) is 5.91 Å². The third kappa shape index (κ3) is 4.57. The van der Waals surface area contributed by atoms with Gasteiger partial charge in [-0.25, -0.2) is 9.18 Å². The number of nitriles is 1. The number of amides is 1. The van der Waals surface area contributed by atoms with Crippen LogP contribution in [0, 0.1) is 17.1 Å². The molecule has 0 unspecified atom stereocenters. The Morgan fingerprint density at radius 1 is 1.10 bits per heavy atom. The summed E-state index contributed by atoms with van der Waals surface area (Å²) in [5.74, 6) is -0.944. The summed E-state index contributed by atoms with van der Waals surface area (Å²) in [6, 6.07) is 17.1. The Hall–Kier alpha value is -4.18. The summed E-state index contributed by atoms with van der Waals surface area (Å²) in [6.07, 6.45) is 1.28. The molecular weight excluding hydrogens is 375 g/mol. The van der Waals surface area contributed by atoms with Gasteiger partial charge in [-0.1, -0.05) is 12.1 Å². The highest BCUT2D eigenvalue weighted by molar-refractivity contribution is 6.11. The van der Waals surface area contributed by atoms with E-state index in [1.54, 1.807) is 36.4 Å². The molecule has 1 N–H and O–H groups in total. The van der Waals surface area contributed by atoms with E-state index < -0.39 is 11.9 Å². The van der Waals surface area contributed by atoms with Crippen LogP contribution in [0.4, 0.5) is 10.1 Å². The van der Waals surface area contributed by atoms with Gasteiger partial charge in [0.1, 0.15) is 29.0 Å². The average molecular weight is 390 g/mol. The maximum absolute atomic E-state index is 13.0. The molecule has 144 valence electrons. The number of anilines is 1. The number of rotatable bonds is 5. The van der Waals surface area contributed by atoms with Crippen LogP contribution in [-0.4, -0.2) is 19.0 Å². The van der Waals surface area contributed by atoms with Crippen molar-refractivity contribution in [3.8, 4) is 17.4 Å². The number of ether oxygens (including phenoxy) is 1. The highest BCUT2D eigenvalue weighted by Crippen LogP contribution is 2.24. The van der Waals surface area contributed by atoms with Gasteiger partial charge in [0.15, 0.2) is 0 Å². The number of furan rings is 1. The Kier molecular flexibility index (Phi) is 5.85. The summed E-state index contributed by atoms with van der Waals surface area (Å²) < 4.78 is 23.3. The van der Waals surface area contributed by atoms with Gasteiger partial charge in [-0.05, 0) is 48.5 Å². The van der Waals surface area contributed by atoms with E-state index in [1.807, 2.05) is 6.07 Å². The Balaban J connectivity index is 1.82. The molecule has 2 aromatic carbocycles. The second-order valence-electron chi connectivity index (χ2n) is 5.87. The Bertz CT molecular complexity index is 1120. The smallest absolute Gasteiger partial charge is 0.339 e. The van der Waals surface area contributed by atoms with Crippen LogP contribution < -0.4 is 5.32 Å². The molecule has 0 atom stereocenters. The molecule has 7 heteroatoms. The minimum absolute atomic E-state index is 0.164. The van der Waals surface area contributed by atoms with E-state index in [2.05, 4.69) is 10.1 Å². The van der Waals surface area contributed by atoms with E-state index in [9.17, 15) is 19.2 Å². The first-order valence-corrected chi connectivity index (χ1v) is 8.48. The number of benzene rings is 2. The maximum atomic E-state index is 13.0. The lowest BCUT2D eigenvalue weighted by molar-refractivity contribution is -0.112. The van der Waals surface area contributed by atoms with Gasteiger partial charge < -0.3 is 14.5 Å². The summed E-state index contributed by atoms with van der Waals surface area (Å²) >= 11 is 0. The van der Waals surface area contributed by atoms with Crippen LogP contribution in [-0.2, 0) is 9.53 Å². The van der Waals surface area contributed by atoms with Crippen molar-refractivity contribution in [3.05, 3.63) is 83.4 Å². The number of hydrogen-bond donors (Lipinski definition) is 1. The minimum Gasteiger partial charge on any atom is -0.465 e. The van der Waals surface area contributed by atoms with Crippen LogP contribution in [0.3, 0.4) is 0 Å². The van der Waals surface area contributed by atoms with Gasteiger partial charge in [-0.3, -0.25) is 4.79 Å². The van der Waals surface area contributed by atoms with E-state index in [0.29, 0.717) is 11.3 Å². The molecule has 0 aliphatic carbocycles. The van der Waals surface area contributed by atoms with Gasteiger partial charge in [0.2, 0.25) is 0 Å². The number of carbonyl (C=O) groups excluding carboxylic acids is 2. The van der Waals surface area contributed by atoms with Gasteiger partial charge in [0, 0.05) is 11.6 Å². The molecule has 0 spiro atoms. The fourth-order valence-corrected chi connectivity index (χ4v) is 2.56. The number of nitrogens with zero attached hydrogens (tertiary/aromatic N) is 1. The highest BCUT2D eigenvalue weighted by Gasteiger charge is 2.16. The Morgan fingerprint density at radius 3 is 2.52 bits per heavy atom. The van der Waals surface area contributed by atoms with Crippen molar-refractivity contribution in [2.24, 2.45) is 0 Å². The first-order chi connectivity index (χ1) is 14.0. The second-order valence-corrected chi connectivity index (χ2v) is 5.87. The predicted octanol–water partition coefficient (Wildman–Crippen LogP) is 4.42. The van der Waals surface area contributed by atoms with Crippen LogP contribution in [0.5, 0.6) is 0 Å². The normalized spacial score (nSPS) is 10.9. The van der Waals surface area contributed by atoms with Gasteiger partial charge >= 0.3 is 5.97 Å².